The molecular weight excluding hydrogens is 214 g/mol. The van der Waals surface area contributed by atoms with Crippen LogP contribution in [-0.2, 0) is 0 Å². The number of nitro groups is 1. The molecule has 0 fully saturated rings. The first-order valence-corrected chi connectivity index (χ1v) is 4.32. The third kappa shape index (κ3) is 4.31. The second kappa shape index (κ2) is 4.66. The fourth-order valence-corrected chi connectivity index (χ4v) is 0.952. The van der Waals surface area contributed by atoms with Crippen LogP contribution in [0.4, 0.5) is 0 Å². The van der Waals surface area contributed by atoms with Crippen molar-refractivity contribution in [3.05, 3.63) is 10.1 Å². The average Bonchev–Trinajstić information content (AvgIpc) is 1.84. The molecule has 0 aromatic heterocycles. The molecule has 0 aliphatic heterocycles. The smallest absolute Gasteiger partial charge is 0.291 e. The van der Waals surface area contributed by atoms with Crippen LogP contribution in [-0.4, -0.2) is 21.1 Å². The zero-order chi connectivity index (χ0) is 9.02. The first kappa shape index (κ1) is 10.8. The van der Waals surface area contributed by atoms with E-state index in [1.54, 1.807) is 0 Å². The van der Waals surface area contributed by atoms with E-state index in [4.69, 9.17) is 5.11 Å². The zero-order valence-corrected chi connectivity index (χ0v) is 8.11. The topological polar surface area (TPSA) is 63.4 Å². The number of rotatable bonds is 4. The Balaban J connectivity index is 3.82. The largest absolute Gasteiger partial charge is 0.385 e. The predicted octanol–water partition coefficient (Wildman–Crippen LogP) is 1.39. The number of aliphatic hydroxyl groups excluding tert-OH is 1. The van der Waals surface area contributed by atoms with Gasteiger partial charge in [0, 0.05) is 4.92 Å². The van der Waals surface area contributed by atoms with Crippen molar-refractivity contribution in [3.63, 3.8) is 0 Å². The maximum atomic E-state index is 10.1. The summed E-state index contributed by atoms with van der Waals surface area (Å²) in [7, 11) is 0. The minimum absolute atomic E-state index is 0.269. The minimum atomic E-state index is -1.04. The molecule has 0 radical (unpaired) electrons. The highest BCUT2D eigenvalue weighted by Crippen LogP contribution is 2.14. The van der Waals surface area contributed by atoms with Crippen LogP contribution in [0.2, 0.25) is 0 Å². The maximum absolute atomic E-state index is 10.1. The Morgan fingerprint density at radius 2 is 2.09 bits per heavy atom. The number of alkyl halides is 1. The molecule has 0 aromatic carbocycles. The Kier molecular flexibility index (Phi) is 4.60. The van der Waals surface area contributed by atoms with E-state index in [9.17, 15) is 10.1 Å². The van der Waals surface area contributed by atoms with Gasteiger partial charge in [-0.3, -0.25) is 10.1 Å². The van der Waals surface area contributed by atoms with Gasteiger partial charge < -0.3 is 5.11 Å². The van der Waals surface area contributed by atoms with E-state index in [0.717, 1.165) is 0 Å². The summed E-state index contributed by atoms with van der Waals surface area (Å²) in [5, 5.41) is 19.3. The lowest BCUT2D eigenvalue weighted by Gasteiger charge is -2.12. The van der Waals surface area contributed by atoms with Crippen molar-refractivity contribution in [2.24, 2.45) is 5.92 Å². The Hall–Kier alpha value is -0.160. The van der Waals surface area contributed by atoms with Crippen LogP contribution >= 0.6 is 15.9 Å². The third-order valence-corrected chi connectivity index (χ3v) is 2.18. The molecule has 0 heterocycles. The first-order valence-electron chi connectivity index (χ1n) is 3.40. The molecule has 1 N–H and O–H groups in total. The Morgan fingerprint density at radius 3 is 2.36 bits per heavy atom. The molecule has 0 aliphatic rings. The van der Waals surface area contributed by atoms with Crippen molar-refractivity contribution >= 4 is 15.9 Å². The standard InChI is InChI=1S/C6H12BrNO3/c1-4(2)3-5(9)6(7)8(10)11/h4-6,9H,3H2,1-2H3. The summed E-state index contributed by atoms with van der Waals surface area (Å²) in [5.74, 6) is 0.269. The van der Waals surface area contributed by atoms with Gasteiger partial charge in [0.1, 0.15) is 6.10 Å². The van der Waals surface area contributed by atoms with Gasteiger partial charge in [-0.25, -0.2) is 0 Å². The van der Waals surface area contributed by atoms with E-state index in [2.05, 4.69) is 15.9 Å². The normalized spacial score (nSPS) is 16.5. The van der Waals surface area contributed by atoms with Gasteiger partial charge in [-0.05, 0) is 28.3 Å². The summed E-state index contributed by atoms with van der Waals surface area (Å²) < 4.78 is 0. The lowest BCUT2D eigenvalue weighted by molar-refractivity contribution is -0.504. The Morgan fingerprint density at radius 1 is 1.64 bits per heavy atom. The minimum Gasteiger partial charge on any atom is -0.385 e. The summed E-state index contributed by atoms with van der Waals surface area (Å²) in [5.41, 5.74) is 0. The summed E-state index contributed by atoms with van der Waals surface area (Å²) in [4.78, 5) is 8.55. The van der Waals surface area contributed by atoms with Crippen LogP contribution in [0.15, 0.2) is 0 Å². The molecule has 66 valence electrons. The van der Waals surface area contributed by atoms with Crippen LogP contribution in [0.25, 0.3) is 0 Å². The Labute approximate surface area is 73.9 Å². The van der Waals surface area contributed by atoms with Gasteiger partial charge in [-0.1, -0.05) is 13.8 Å². The molecular formula is C6H12BrNO3. The van der Waals surface area contributed by atoms with Crippen LogP contribution in [0, 0.1) is 16.0 Å². The fourth-order valence-electron chi connectivity index (χ4n) is 0.736. The molecule has 4 nitrogen and oxygen atoms in total. The highest BCUT2D eigenvalue weighted by Gasteiger charge is 2.26. The number of aliphatic hydroxyl groups is 1. The summed E-state index contributed by atoms with van der Waals surface area (Å²) >= 11 is 2.79. The van der Waals surface area contributed by atoms with E-state index < -0.39 is 16.0 Å². The molecule has 0 saturated carbocycles. The maximum Gasteiger partial charge on any atom is 0.291 e. The molecule has 2 atom stereocenters. The Bertz CT molecular complexity index is 140. The molecule has 2 unspecified atom stereocenters. The second-order valence-electron chi connectivity index (χ2n) is 2.85. The van der Waals surface area contributed by atoms with Gasteiger partial charge >= 0.3 is 0 Å². The highest BCUT2D eigenvalue weighted by molar-refractivity contribution is 9.09. The average molecular weight is 226 g/mol. The summed E-state index contributed by atoms with van der Waals surface area (Å²) in [6.45, 7) is 3.81. The van der Waals surface area contributed by atoms with E-state index >= 15 is 0 Å². The van der Waals surface area contributed by atoms with Crippen LogP contribution in [0.5, 0.6) is 0 Å². The van der Waals surface area contributed by atoms with Gasteiger partial charge in [0.25, 0.3) is 4.95 Å². The second-order valence-corrected chi connectivity index (χ2v) is 3.79. The monoisotopic (exact) mass is 225 g/mol. The third-order valence-electron chi connectivity index (χ3n) is 1.23. The molecule has 0 spiro atoms. The number of hydrogen-bond acceptors (Lipinski definition) is 3. The molecule has 0 saturated heterocycles. The van der Waals surface area contributed by atoms with Gasteiger partial charge in [-0.15, -0.1) is 0 Å². The van der Waals surface area contributed by atoms with Crippen LogP contribution in [0.1, 0.15) is 20.3 Å². The number of nitrogens with zero attached hydrogens (tertiary/aromatic N) is 1. The molecule has 0 aromatic rings. The van der Waals surface area contributed by atoms with Gasteiger partial charge in [-0.2, -0.15) is 0 Å². The molecule has 0 rings (SSSR count). The summed E-state index contributed by atoms with van der Waals surface area (Å²) in [6, 6.07) is 0. The fraction of sp³-hybridized carbons (Fsp3) is 1.00. The number of hydrogen-bond donors (Lipinski definition) is 1. The SMILES string of the molecule is CC(C)CC(O)C(Br)[N+](=O)[O-]. The lowest BCUT2D eigenvalue weighted by Crippen LogP contribution is -2.28. The highest BCUT2D eigenvalue weighted by atomic mass is 79.9. The lowest BCUT2D eigenvalue weighted by atomic mass is 10.1. The van der Waals surface area contributed by atoms with Crippen molar-refractivity contribution in [2.75, 3.05) is 0 Å². The van der Waals surface area contributed by atoms with E-state index in [-0.39, 0.29) is 5.92 Å². The van der Waals surface area contributed by atoms with E-state index in [1.807, 2.05) is 13.8 Å². The molecule has 0 bridgehead atoms. The predicted molar refractivity (Wildman–Crippen MR) is 45.2 cm³/mol. The zero-order valence-electron chi connectivity index (χ0n) is 6.53. The van der Waals surface area contributed by atoms with Crippen molar-refractivity contribution < 1.29 is 10.0 Å². The number of halogens is 1. The van der Waals surface area contributed by atoms with Crippen molar-refractivity contribution in [1.29, 1.82) is 0 Å². The van der Waals surface area contributed by atoms with Crippen molar-refractivity contribution in [3.8, 4) is 0 Å². The molecule has 0 amide bonds. The molecule has 0 aliphatic carbocycles. The molecule has 11 heavy (non-hydrogen) atoms. The van der Waals surface area contributed by atoms with Crippen molar-refractivity contribution in [1.82, 2.24) is 0 Å². The van der Waals surface area contributed by atoms with Crippen LogP contribution in [0.3, 0.4) is 0 Å². The van der Waals surface area contributed by atoms with E-state index in [1.165, 1.54) is 0 Å². The quantitative estimate of drug-likeness (QED) is 0.341. The summed E-state index contributed by atoms with van der Waals surface area (Å²) in [6.07, 6.45) is -0.457. The van der Waals surface area contributed by atoms with E-state index in [0.29, 0.717) is 6.42 Å². The van der Waals surface area contributed by atoms with Crippen molar-refractivity contribution in [2.45, 2.75) is 31.3 Å². The van der Waals surface area contributed by atoms with Crippen LogP contribution < -0.4 is 0 Å². The first-order chi connectivity index (χ1) is 4.95. The van der Waals surface area contributed by atoms with Gasteiger partial charge in [0.05, 0.1) is 0 Å². The van der Waals surface area contributed by atoms with Gasteiger partial charge in [0.2, 0.25) is 0 Å². The van der Waals surface area contributed by atoms with Gasteiger partial charge in [0.15, 0.2) is 0 Å². The molecule has 5 heteroatoms.